The number of nitrogens with zero attached hydrogens (tertiary/aromatic N) is 1. The summed E-state index contributed by atoms with van der Waals surface area (Å²) < 4.78 is 43.9. The lowest BCUT2D eigenvalue weighted by Gasteiger charge is -2.28. The highest BCUT2D eigenvalue weighted by Crippen LogP contribution is 2.55. The Morgan fingerprint density at radius 3 is 2.54 bits per heavy atom. The molecular formula is C20H21F3N2O3. The summed E-state index contributed by atoms with van der Waals surface area (Å²) in [7, 11) is 0. The first-order valence-electron chi connectivity index (χ1n) is 9.64. The normalized spacial score (nSPS) is 35.4. The topological polar surface area (TPSA) is 58.6 Å². The van der Waals surface area contributed by atoms with Gasteiger partial charge in [-0.25, -0.2) is 0 Å². The Balaban J connectivity index is 1.30. The first kappa shape index (κ1) is 18.0. The smallest absolute Gasteiger partial charge is 0.381 e. The molecule has 0 bridgehead atoms. The number of carbonyl (C=O) groups excluding carboxylic acids is 2. The molecule has 0 unspecified atom stereocenters. The number of aryl methyl sites for hydroxylation is 1. The maximum Gasteiger partial charge on any atom is 0.416 e. The van der Waals surface area contributed by atoms with Crippen LogP contribution in [-0.2, 0) is 20.5 Å². The summed E-state index contributed by atoms with van der Waals surface area (Å²) in [5.74, 6) is 0.634. The van der Waals surface area contributed by atoms with Crippen LogP contribution in [0.1, 0.15) is 24.0 Å². The number of rotatable bonds is 3. The number of halogens is 3. The molecule has 1 N–H and O–H groups in total. The van der Waals surface area contributed by atoms with Crippen molar-refractivity contribution >= 4 is 17.5 Å². The summed E-state index contributed by atoms with van der Waals surface area (Å²) in [5, 5.41) is 2.74. The largest absolute Gasteiger partial charge is 0.416 e. The number of hydrogen-bond acceptors (Lipinski definition) is 3. The van der Waals surface area contributed by atoms with Crippen LogP contribution in [0, 0.1) is 30.6 Å². The molecule has 150 valence electrons. The predicted octanol–water partition coefficient (Wildman–Crippen LogP) is 2.83. The maximum atomic E-state index is 13.0. The maximum absolute atomic E-state index is 13.0. The van der Waals surface area contributed by atoms with Gasteiger partial charge in [0.25, 0.3) is 0 Å². The molecule has 5 rings (SSSR count). The summed E-state index contributed by atoms with van der Waals surface area (Å²) in [6.45, 7) is 2.76. The minimum Gasteiger partial charge on any atom is -0.381 e. The van der Waals surface area contributed by atoms with Crippen LogP contribution in [0.15, 0.2) is 18.2 Å². The van der Waals surface area contributed by atoms with Gasteiger partial charge in [-0.05, 0) is 61.3 Å². The molecule has 4 aliphatic rings. The Labute approximate surface area is 160 Å². The fourth-order valence-corrected chi connectivity index (χ4v) is 4.98. The third-order valence-corrected chi connectivity index (χ3v) is 6.71. The lowest BCUT2D eigenvalue weighted by atomic mass is 10.1. The molecule has 2 saturated heterocycles. The monoisotopic (exact) mass is 394 g/mol. The van der Waals surface area contributed by atoms with Crippen molar-refractivity contribution in [3.8, 4) is 0 Å². The van der Waals surface area contributed by atoms with Crippen molar-refractivity contribution in [2.45, 2.75) is 38.0 Å². The molecule has 0 radical (unpaired) electrons. The van der Waals surface area contributed by atoms with Crippen LogP contribution in [0.4, 0.5) is 18.9 Å². The second-order valence-corrected chi connectivity index (χ2v) is 8.47. The zero-order valence-electron chi connectivity index (χ0n) is 15.3. The van der Waals surface area contributed by atoms with E-state index in [0.29, 0.717) is 36.8 Å². The highest BCUT2D eigenvalue weighted by molar-refractivity contribution is 5.99. The van der Waals surface area contributed by atoms with Gasteiger partial charge in [-0.15, -0.1) is 0 Å². The lowest BCUT2D eigenvalue weighted by Crippen LogP contribution is -2.46. The first-order valence-corrected chi connectivity index (χ1v) is 9.64. The number of nitrogens with one attached hydrogen (secondary N) is 1. The highest BCUT2D eigenvalue weighted by Gasteiger charge is 2.64. The molecule has 2 aliphatic heterocycles. The van der Waals surface area contributed by atoms with Crippen molar-refractivity contribution in [1.29, 1.82) is 0 Å². The summed E-state index contributed by atoms with van der Waals surface area (Å²) in [6, 6.07) is 2.86. The molecule has 0 spiro atoms. The molecule has 1 aromatic rings. The fraction of sp³-hybridized carbons (Fsp3) is 0.600. The molecule has 2 saturated carbocycles. The number of likely N-dealkylation sites (tertiary alicyclic amines) is 1. The number of fused-ring (bicyclic) bond motifs is 2. The van der Waals surface area contributed by atoms with E-state index in [1.54, 1.807) is 4.90 Å². The van der Waals surface area contributed by atoms with E-state index >= 15 is 0 Å². The van der Waals surface area contributed by atoms with Gasteiger partial charge in [0.2, 0.25) is 11.8 Å². The molecule has 5 atom stereocenters. The first-order chi connectivity index (χ1) is 13.3. The summed E-state index contributed by atoms with van der Waals surface area (Å²) >= 11 is 0. The number of amides is 2. The zero-order valence-corrected chi connectivity index (χ0v) is 15.3. The van der Waals surface area contributed by atoms with Gasteiger partial charge >= 0.3 is 6.18 Å². The van der Waals surface area contributed by atoms with Gasteiger partial charge in [0.05, 0.1) is 18.8 Å². The van der Waals surface area contributed by atoms with E-state index in [-0.39, 0.29) is 35.6 Å². The molecule has 8 heteroatoms. The SMILES string of the molecule is Cc1cc(C(F)(F)F)ccc1NC(=O)[C@@H]1C[C@@H]2C[C@@H]2N1C(=O)C1[C@@H]2COC[C@@H]12. The molecule has 2 amide bonds. The quantitative estimate of drug-likeness (QED) is 0.858. The van der Waals surface area contributed by atoms with Gasteiger partial charge in [0.15, 0.2) is 0 Å². The average molecular weight is 394 g/mol. The predicted molar refractivity (Wildman–Crippen MR) is 93.2 cm³/mol. The molecule has 0 aromatic heterocycles. The second-order valence-electron chi connectivity index (χ2n) is 8.47. The van der Waals surface area contributed by atoms with Gasteiger partial charge in [-0.1, -0.05) is 0 Å². The Morgan fingerprint density at radius 2 is 1.89 bits per heavy atom. The minimum absolute atomic E-state index is 0.0313. The molecule has 4 fully saturated rings. The molecule has 5 nitrogen and oxygen atoms in total. The number of alkyl halides is 3. The van der Waals surface area contributed by atoms with Crippen LogP contribution in [0.2, 0.25) is 0 Å². The molecular weight excluding hydrogens is 373 g/mol. The van der Waals surface area contributed by atoms with E-state index in [1.165, 1.54) is 13.0 Å². The second kappa shape index (κ2) is 5.95. The van der Waals surface area contributed by atoms with Gasteiger partial charge < -0.3 is 15.0 Å². The van der Waals surface area contributed by atoms with Gasteiger partial charge in [-0.2, -0.15) is 13.2 Å². The Bertz CT molecular complexity index is 846. The number of ether oxygens (including phenoxy) is 1. The van der Waals surface area contributed by atoms with Crippen molar-refractivity contribution in [2.24, 2.45) is 23.7 Å². The van der Waals surface area contributed by atoms with E-state index in [2.05, 4.69) is 5.32 Å². The Kier molecular flexibility index (Phi) is 3.82. The van der Waals surface area contributed by atoms with Gasteiger partial charge in [0.1, 0.15) is 6.04 Å². The van der Waals surface area contributed by atoms with Crippen LogP contribution in [0.5, 0.6) is 0 Å². The number of anilines is 1. The van der Waals surface area contributed by atoms with Crippen molar-refractivity contribution < 1.29 is 27.5 Å². The molecule has 1 aromatic carbocycles. The van der Waals surface area contributed by atoms with Crippen LogP contribution in [0.25, 0.3) is 0 Å². The zero-order chi connectivity index (χ0) is 19.8. The number of hydrogen-bond donors (Lipinski definition) is 1. The lowest BCUT2D eigenvalue weighted by molar-refractivity contribution is -0.140. The van der Waals surface area contributed by atoms with Crippen LogP contribution in [-0.4, -0.2) is 42.0 Å². The summed E-state index contributed by atoms with van der Waals surface area (Å²) in [5.41, 5.74) is -0.0508. The van der Waals surface area contributed by atoms with Gasteiger partial charge in [0, 0.05) is 17.6 Å². The van der Waals surface area contributed by atoms with E-state index in [0.717, 1.165) is 18.6 Å². The van der Waals surface area contributed by atoms with Crippen LogP contribution >= 0.6 is 0 Å². The van der Waals surface area contributed by atoms with Crippen LogP contribution < -0.4 is 5.32 Å². The summed E-state index contributed by atoms with van der Waals surface area (Å²) in [6.07, 6.45) is -2.86. The van der Waals surface area contributed by atoms with Crippen LogP contribution in [0.3, 0.4) is 0 Å². The average Bonchev–Trinajstić information content (AvgIpc) is 3.44. The summed E-state index contributed by atoms with van der Waals surface area (Å²) in [4.78, 5) is 27.6. The Hall–Kier alpha value is -2.09. The standard InChI is InChI=1S/C20H21F3N2O3/c1-9-4-11(20(21,22)23)2-3-14(9)24-18(26)16-6-10-5-15(10)25(16)19(27)17-12-7-28-8-13(12)17/h2-4,10,12-13,15-17H,5-8H2,1H3,(H,24,26)/t10-,12+,13+,15-,16-/m0/s1. The Morgan fingerprint density at radius 1 is 1.18 bits per heavy atom. The third kappa shape index (κ3) is 2.80. The third-order valence-electron chi connectivity index (χ3n) is 6.71. The van der Waals surface area contributed by atoms with Crippen molar-refractivity contribution in [3.05, 3.63) is 29.3 Å². The molecule has 2 aliphatic carbocycles. The molecule has 2 heterocycles. The molecule has 28 heavy (non-hydrogen) atoms. The van der Waals surface area contributed by atoms with Crippen molar-refractivity contribution in [2.75, 3.05) is 18.5 Å². The fourth-order valence-electron chi connectivity index (χ4n) is 4.98. The number of carbonyl (C=O) groups is 2. The highest BCUT2D eigenvalue weighted by atomic mass is 19.4. The van der Waals surface area contributed by atoms with E-state index < -0.39 is 17.8 Å². The van der Waals surface area contributed by atoms with E-state index in [4.69, 9.17) is 4.74 Å². The number of piperidine rings is 1. The van der Waals surface area contributed by atoms with E-state index in [1.807, 2.05) is 0 Å². The van der Waals surface area contributed by atoms with Crippen molar-refractivity contribution in [1.82, 2.24) is 4.90 Å². The van der Waals surface area contributed by atoms with E-state index in [9.17, 15) is 22.8 Å². The number of benzene rings is 1. The minimum atomic E-state index is -4.42. The van der Waals surface area contributed by atoms with Crippen molar-refractivity contribution in [3.63, 3.8) is 0 Å². The van der Waals surface area contributed by atoms with Gasteiger partial charge in [-0.3, -0.25) is 9.59 Å².